The first kappa shape index (κ1) is 34.3. The van der Waals surface area contributed by atoms with E-state index < -0.39 is 0 Å². The van der Waals surface area contributed by atoms with Crippen molar-refractivity contribution >= 4 is 49.1 Å². The summed E-state index contributed by atoms with van der Waals surface area (Å²) in [7, 11) is 0. The summed E-state index contributed by atoms with van der Waals surface area (Å²) in [6.45, 7) is 4.27. The van der Waals surface area contributed by atoms with Crippen LogP contribution in [0.1, 0.15) is 26.1 Å². The highest BCUT2D eigenvalue weighted by Crippen LogP contribution is 2.41. The Hall–Kier alpha value is -7.17. The van der Waals surface area contributed by atoms with Crippen molar-refractivity contribution in [2.75, 3.05) is 0 Å². The lowest BCUT2D eigenvalue weighted by atomic mass is 9.81. The lowest BCUT2D eigenvalue weighted by molar-refractivity contribution is 0.558. The second kappa shape index (κ2) is 14.2. The van der Waals surface area contributed by atoms with Gasteiger partial charge in [0, 0.05) is 32.9 Å². The van der Waals surface area contributed by atoms with Crippen LogP contribution in [0.4, 0.5) is 0 Å². The molecule has 4 nitrogen and oxygen atoms in total. The molecule has 2 aromatic heterocycles. The van der Waals surface area contributed by atoms with E-state index in [-0.39, 0.29) is 5.41 Å². The average molecular weight is 734 g/mol. The summed E-state index contributed by atoms with van der Waals surface area (Å²) in [5, 5.41) is 6.96. The van der Waals surface area contributed by atoms with E-state index in [0.29, 0.717) is 17.5 Å². The summed E-state index contributed by atoms with van der Waals surface area (Å²) in [5.74, 6) is 1.98. The Balaban J connectivity index is 1.03. The molecule has 0 radical (unpaired) electrons. The van der Waals surface area contributed by atoms with Crippen LogP contribution in [0.3, 0.4) is 0 Å². The molecule has 1 atom stereocenters. The van der Waals surface area contributed by atoms with Crippen molar-refractivity contribution in [2.24, 2.45) is 5.41 Å². The first-order valence-electron chi connectivity index (χ1n) is 19.5. The molecule has 1 aliphatic rings. The van der Waals surface area contributed by atoms with E-state index in [1.54, 1.807) is 0 Å². The smallest absolute Gasteiger partial charge is 0.164 e. The number of benzene rings is 7. The Labute approximate surface area is 331 Å². The van der Waals surface area contributed by atoms with Gasteiger partial charge < -0.3 is 4.42 Å². The molecule has 1 unspecified atom stereocenters. The van der Waals surface area contributed by atoms with E-state index in [4.69, 9.17) is 19.4 Å². The third-order valence-electron chi connectivity index (χ3n) is 11.1. The minimum atomic E-state index is -0.0605. The topological polar surface area (TPSA) is 51.8 Å². The van der Waals surface area contributed by atoms with Gasteiger partial charge in [-0.05, 0) is 87.5 Å². The Morgan fingerprint density at radius 2 is 1.23 bits per heavy atom. The van der Waals surface area contributed by atoms with Crippen molar-refractivity contribution in [3.8, 4) is 45.0 Å². The van der Waals surface area contributed by atoms with E-state index in [0.717, 1.165) is 67.0 Å². The maximum atomic E-state index is 6.44. The summed E-state index contributed by atoms with van der Waals surface area (Å²) in [5.41, 5.74) is 9.27. The number of nitrogens with zero attached hydrogens (tertiary/aromatic N) is 3. The van der Waals surface area contributed by atoms with Crippen LogP contribution < -0.4 is 0 Å². The van der Waals surface area contributed by atoms with Gasteiger partial charge in [-0.2, -0.15) is 0 Å². The molecular weight excluding hydrogens is 695 g/mol. The van der Waals surface area contributed by atoms with Crippen molar-refractivity contribution in [3.63, 3.8) is 0 Å². The van der Waals surface area contributed by atoms with Crippen molar-refractivity contribution in [1.82, 2.24) is 15.0 Å². The molecule has 2 heterocycles. The fourth-order valence-electron chi connectivity index (χ4n) is 8.04. The number of rotatable bonds is 7. The molecule has 4 heteroatoms. The molecule has 0 fully saturated rings. The number of allylic oxidation sites excluding steroid dienone is 8. The normalized spacial score (nSPS) is 15.8. The molecule has 0 bridgehead atoms. The fourth-order valence-corrected chi connectivity index (χ4v) is 8.04. The van der Waals surface area contributed by atoms with Gasteiger partial charge in [0.1, 0.15) is 11.2 Å². The first-order chi connectivity index (χ1) is 28.0. The Kier molecular flexibility index (Phi) is 8.53. The lowest BCUT2D eigenvalue weighted by Gasteiger charge is -2.24. The third-order valence-corrected chi connectivity index (χ3v) is 11.1. The zero-order chi connectivity index (χ0) is 38.3. The van der Waals surface area contributed by atoms with Crippen LogP contribution in [0.2, 0.25) is 0 Å². The van der Waals surface area contributed by atoms with Gasteiger partial charge in [-0.25, -0.2) is 15.0 Å². The highest BCUT2D eigenvalue weighted by molar-refractivity contribution is 6.14. The number of hydrogen-bond donors (Lipinski definition) is 0. The van der Waals surface area contributed by atoms with Crippen LogP contribution in [0.15, 0.2) is 193 Å². The zero-order valence-corrected chi connectivity index (χ0v) is 31.9. The second-order valence-corrected chi connectivity index (χ2v) is 15.1. The van der Waals surface area contributed by atoms with Crippen molar-refractivity contribution in [1.29, 1.82) is 0 Å². The fraction of sp³-hybridized carbons (Fsp3) is 0.0755. The molecule has 0 aliphatic heterocycles. The van der Waals surface area contributed by atoms with E-state index >= 15 is 0 Å². The van der Waals surface area contributed by atoms with Gasteiger partial charge in [0.15, 0.2) is 17.5 Å². The minimum absolute atomic E-state index is 0.0605. The summed E-state index contributed by atoms with van der Waals surface area (Å²) in [6.07, 6.45) is 16.0. The quantitative estimate of drug-likeness (QED) is 0.153. The molecule has 1 aliphatic carbocycles. The van der Waals surface area contributed by atoms with Gasteiger partial charge in [-0.15, -0.1) is 0 Å². The molecule has 0 amide bonds. The van der Waals surface area contributed by atoms with Gasteiger partial charge in [-0.1, -0.05) is 165 Å². The van der Waals surface area contributed by atoms with Crippen LogP contribution in [0.25, 0.3) is 94.1 Å². The third kappa shape index (κ3) is 6.45. The summed E-state index contributed by atoms with van der Waals surface area (Å²) in [6, 6.07) is 51.3. The molecule has 272 valence electrons. The molecule has 0 spiro atoms. The molecule has 0 saturated heterocycles. The Morgan fingerprint density at radius 3 is 2.05 bits per heavy atom. The van der Waals surface area contributed by atoms with Gasteiger partial charge in [0.2, 0.25) is 0 Å². The molecule has 10 rings (SSSR count). The Morgan fingerprint density at radius 1 is 0.544 bits per heavy atom. The predicted molar refractivity (Wildman–Crippen MR) is 238 cm³/mol. The maximum absolute atomic E-state index is 6.44. The lowest BCUT2D eigenvalue weighted by Crippen LogP contribution is -2.12. The average Bonchev–Trinajstić information content (AvgIpc) is 3.65. The number of aromatic nitrogens is 3. The number of hydrogen-bond acceptors (Lipinski definition) is 4. The largest absolute Gasteiger partial charge is 0.456 e. The van der Waals surface area contributed by atoms with Gasteiger partial charge in [0.05, 0.1) is 0 Å². The standard InChI is InChI=1S/C53H39N3O/c1-3-4-10-29-53(2)30-27-37(28-31-53)51-54-50(36-14-6-5-7-15-36)55-52(56-51)42-24-22-38-32-40(23-21-39(38)33-42)45-19-12-20-48-49(45)46-34-41(25-26-47(46)57-48)44-18-11-16-35-13-8-9-17-43(35)44/h3-30,32-34H,31H2,1-2H3/b4-3-,29-10-. The zero-order valence-electron chi connectivity index (χ0n) is 31.9. The molecule has 7 aromatic carbocycles. The first-order valence-corrected chi connectivity index (χ1v) is 19.5. The second-order valence-electron chi connectivity index (χ2n) is 15.1. The van der Waals surface area contributed by atoms with E-state index in [1.807, 2.05) is 43.3 Å². The maximum Gasteiger partial charge on any atom is 0.164 e. The van der Waals surface area contributed by atoms with Gasteiger partial charge >= 0.3 is 0 Å². The molecular formula is C53H39N3O. The van der Waals surface area contributed by atoms with E-state index in [1.165, 1.54) is 21.9 Å². The van der Waals surface area contributed by atoms with Crippen LogP contribution >= 0.6 is 0 Å². The molecule has 0 N–H and O–H groups in total. The van der Waals surface area contributed by atoms with Crippen molar-refractivity contribution in [2.45, 2.75) is 20.3 Å². The Bertz CT molecular complexity index is 3120. The van der Waals surface area contributed by atoms with Gasteiger partial charge in [-0.3, -0.25) is 0 Å². The predicted octanol–water partition coefficient (Wildman–Crippen LogP) is 14.2. The van der Waals surface area contributed by atoms with E-state index in [2.05, 4.69) is 159 Å². The summed E-state index contributed by atoms with van der Waals surface area (Å²) in [4.78, 5) is 15.1. The summed E-state index contributed by atoms with van der Waals surface area (Å²) < 4.78 is 6.44. The minimum Gasteiger partial charge on any atom is -0.456 e. The monoisotopic (exact) mass is 733 g/mol. The molecule has 0 saturated carbocycles. The van der Waals surface area contributed by atoms with Crippen LogP contribution in [-0.2, 0) is 0 Å². The molecule has 57 heavy (non-hydrogen) atoms. The van der Waals surface area contributed by atoms with Crippen molar-refractivity contribution < 1.29 is 4.42 Å². The van der Waals surface area contributed by atoms with Crippen LogP contribution in [0, 0.1) is 5.41 Å². The number of furan rings is 1. The van der Waals surface area contributed by atoms with Crippen LogP contribution in [0.5, 0.6) is 0 Å². The van der Waals surface area contributed by atoms with Gasteiger partial charge in [0.25, 0.3) is 0 Å². The summed E-state index contributed by atoms with van der Waals surface area (Å²) >= 11 is 0. The van der Waals surface area contributed by atoms with Crippen LogP contribution in [-0.4, -0.2) is 15.0 Å². The SMILES string of the molecule is C/C=C\C=C/C1(C)C=CC(c2nc(-c3ccccc3)nc(-c3ccc4cc(-c5cccc6oc7ccc(-c8cccc9ccccc89)cc7c56)ccc4c3)n2)=CC1. The molecule has 9 aromatic rings. The van der Waals surface area contributed by atoms with Crippen molar-refractivity contribution in [3.05, 3.63) is 194 Å². The highest BCUT2D eigenvalue weighted by Gasteiger charge is 2.22. The number of fused-ring (bicyclic) bond motifs is 5. The van der Waals surface area contributed by atoms with E-state index in [9.17, 15) is 0 Å². The highest BCUT2D eigenvalue weighted by atomic mass is 16.3.